The molecular weight excluding hydrogens is 586 g/mol. The Morgan fingerprint density at radius 2 is 1.34 bits per heavy atom. The van der Waals surface area contributed by atoms with Gasteiger partial charge in [0.2, 0.25) is 5.91 Å². The van der Waals surface area contributed by atoms with Gasteiger partial charge in [0.1, 0.15) is 25.9 Å². The molecule has 3 unspecified atom stereocenters. The lowest BCUT2D eigenvalue weighted by Crippen LogP contribution is -2.55. The highest BCUT2D eigenvalue weighted by molar-refractivity contribution is 5.82. The quantitative estimate of drug-likeness (QED) is 0.139. The number of hydrogen-bond donors (Lipinski definition) is 2. The SMILES string of the molecule is C=CC(=O)OCC(COC(=O)C=C)(COC(=O)C=C)OC(C)C(=O)NCC1CC(C)(C)CC(C)(NC(=O)OCC(C)(F)F)C1. The van der Waals surface area contributed by atoms with Crippen LogP contribution >= 0.6 is 0 Å². The third-order valence-electron chi connectivity index (χ3n) is 6.60. The molecule has 0 aromatic carbocycles. The van der Waals surface area contributed by atoms with E-state index in [1.54, 1.807) is 6.92 Å². The summed E-state index contributed by atoms with van der Waals surface area (Å²) in [4.78, 5) is 60.8. The van der Waals surface area contributed by atoms with Gasteiger partial charge in [0.05, 0.1) is 0 Å². The van der Waals surface area contributed by atoms with Crippen LogP contribution in [0, 0.1) is 11.3 Å². The Morgan fingerprint density at radius 3 is 1.77 bits per heavy atom. The van der Waals surface area contributed by atoms with Gasteiger partial charge >= 0.3 is 24.0 Å². The van der Waals surface area contributed by atoms with Crippen molar-refractivity contribution in [2.75, 3.05) is 33.0 Å². The molecule has 0 aromatic heterocycles. The Morgan fingerprint density at radius 1 is 0.864 bits per heavy atom. The van der Waals surface area contributed by atoms with Crippen LogP contribution < -0.4 is 10.6 Å². The minimum atomic E-state index is -3.17. The van der Waals surface area contributed by atoms with Crippen LogP contribution in [0.4, 0.5) is 13.6 Å². The summed E-state index contributed by atoms with van der Waals surface area (Å²) < 4.78 is 52.2. The van der Waals surface area contributed by atoms with Crippen LogP contribution in [0.25, 0.3) is 0 Å². The molecule has 1 rings (SSSR count). The molecule has 2 amide bonds. The molecular formula is C30H44F2N2O10. The van der Waals surface area contributed by atoms with Crippen molar-refractivity contribution in [2.24, 2.45) is 11.3 Å². The zero-order chi connectivity index (χ0) is 33.8. The maximum Gasteiger partial charge on any atom is 0.407 e. The first-order chi connectivity index (χ1) is 20.3. The summed E-state index contributed by atoms with van der Waals surface area (Å²) in [5, 5.41) is 5.50. The molecule has 0 spiro atoms. The first-order valence-electron chi connectivity index (χ1n) is 13.9. The van der Waals surface area contributed by atoms with Gasteiger partial charge < -0.3 is 34.3 Å². The standard InChI is InChI=1S/C30H44F2N2O10/c1-9-22(35)40-17-30(18-41-23(36)10-2,19-42-24(37)11-3)44-20(4)25(38)33-14-21-12-27(5,6)15-28(7,13-21)34-26(39)43-16-29(8,31)32/h9-11,20-21H,1-3,12-19H2,4-8H3,(H,33,38)(H,34,39). The Balaban J connectivity index is 3.03. The summed E-state index contributed by atoms with van der Waals surface area (Å²) in [5.41, 5.74) is -2.87. The molecule has 1 aliphatic rings. The first kappa shape index (κ1) is 38.2. The number of carbonyl (C=O) groups excluding carboxylic acids is 5. The van der Waals surface area contributed by atoms with Crippen molar-refractivity contribution in [3.8, 4) is 0 Å². The van der Waals surface area contributed by atoms with Crippen LogP contribution in [0.1, 0.15) is 53.9 Å². The summed E-state index contributed by atoms with van der Waals surface area (Å²) in [6.45, 7) is 15.1. The maximum absolute atomic E-state index is 13.2. The highest BCUT2D eigenvalue weighted by atomic mass is 19.3. The first-order valence-corrected chi connectivity index (χ1v) is 13.9. The zero-order valence-electron chi connectivity index (χ0n) is 26.0. The van der Waals surface area contributed by atoms with Crippen LogP contribution in [0.2, 0.25) is 0 Å². The number of halogens is 2. The van der Waals surface area contributed by atoms with E-state index < -0.39 is 79.5 Å². The van der Waals surface area contributed by atoms with Crippen molar-refractivity contribution in [1.29, 1.82) is 0 Å². The third-order valence-corrected chi connectivity index (χ3v) is 6.60. The van der Waals surface area contributed by atoms with E-state index in [9.17, 15) is 32.8 Å². The molecule has 2 N–H and O–H groups in total. The van der Waals surface area contributed by atoms with Gasteiger partial charge in [-0.1, -0.05) is 33.6 Å². The predicted molar refractivity (Wildman–Crippen MR) is 154 cm³/mol. The highest BCUT2D eigenvalue weighted by Crippen LogP contribution is 2.43. The molecule has 1 fully saturated rings. The van der Waals surface area contributed by atoms with Gasteiger partial charge in [-0.2, -0.15) is 0 Å². The lowest BCUT2D eigenvalue weighted by atomic mass is 9.64. The van der Waals surface area contributed by atoms with Crippen molar-refractivity contribution in [1.82, 2.24) is 10.6 Å². The van der Waals surface area contributed by atoms with Crippen molar-refractivity contribution >= 4 is 29.9 Å². The molecule has 14 heteroatoms. The minimum Gasteiger partial charge on any atom is -0.459 e. The second-order valence-electron chi connectivity index (χ2n) is 12.1. The van der Waals surface area contributed by atoms with E-state index in [4.69, 9.17) is 18.9 Å². The zero-order valence-corrected chi connectivity index (χ0v) is 26.0. The van der Waals surface area contributed by atoms with Crippen LogP contribution in [0.5, 0.6) is 0 Å². The Kier molecular flexibility index (Phi) is 14.2. The normalized spacial score (nSPS) is 20.2. The van der Waals surface area contributed by atoms with Crippen molar-refractivity contribution in [2.45, 2.75) is 77.0 Å². The van der Waals surface area contributed by atoms with E-state index >= 15 is 0 Å². The summed E-state index contributed by atoms with van der Waals surface area (Å²) in [5.74, 6) is -6.41. The number of esters is 3. The maximum atomic E-state index is 13.2. The lowest BCUT2D eigenvalue weighted by molar-refractivity contribution is -0.194. The molecule has 3 atom stereocenters. The molecule has 0 heterocycles. The Bertz CT molecular complexity index is 1030. The molecule has 0 aliphatic heterocycles. The second kappa shape index (κ2) is 16.3. The van der Waals surface area contributed by atoms with Gasteiger partial charge in [-0.15, -0.1) is 0 Å². The van der Waals surface area contributed by atoms with E-state index in [1.165, 1.54) is 6.92 Å². The number of alkyl carbamates (subject to hydrolysis) is 1. The molecule has 1 aliphatic carbocycles. The molecule has 44 heavy (non-hydrogen) atoms. The van der Waals surface area contributed by atoms with Crippen LogP contribution in [0.3, 0.4) is 0 Å². The summed E-state index contributed by atoms with van der Waals surface area (Å²) in [7, 11) is 0. The van der Waals surface area contributed by atoms with E-state index in [1.807, 2.05) is 13.8 Å². The monoisotopic (exact) mass is 630 g/mol. The molecule has 12 nitrogen and oxygen atoms in total. The number of ether oxygens (including phenoxy) is 5. The van der Waals surface area contributed by atoms with E-state index in [0.717, 1.165) is 18.2 Å². The fourth-order valence-corrected chi connectivity index (χ4v) is 5.23. The number of alkyl halides is 2. The van der Waals surface area contributed by atoms with Crippen LogP contribution in [-0.2, 0) is 42.9 Å². The van der Waals surface area contributed by atoms with Gasteiger partial charge in [0.25, 0.3) is 5.92 Å². The van der Waals surface area contributed by atoms with Crippen molar-refractivity contribution < 1.29 is 56.4 Å². The molecule has 0 saturated heterocycles. The van der Waals surface area contributed by atoms with Gasteiger partial charge in [-0.25, -0.2) is 28.0 Å². The molecule has 248 valence electrons. The average Bonchev–Trinajstić information content (AvgIpc) is 2.93. The van der Waals surface area contributed by atoms with Gasteiger partial charge in [0, 0.05) is 37.2 Å². The van der Waals surface area contributed by atoms with E-state index in [0.29, 0.717) is 26.2 Å². The van der Waals surface area contributed by atoms with Crippen molar-refractivity contribution in [3.05, 3.63) is 38.0 Å². The number of carbonyl (C=O) groups is 5. The van der Waals surface area contributed by atoms with Crippen LogP contribution in [-0.4, -0.2) is 86.0 Å². The number of nitrogens with one attached hydrogen (secondary N) is 2. The average molecular weight is 631 g/mol. The smallest absolute Gasteiger partial charge is 0.407 e. The van der Waals surface area contributed by atoms with Gasteiger partial charge in [-0.05, 0) is 44.4 Å². The number of hydrogen-bond acceptors (Lipinski definition) is 10. The summed E-state index contributed by atoms with van der Waals surface area (Å²) in [6.07, 6.45) is 2.12. The predicted octanol–water partition coefficient (Wildman–Crippen LogP) is 3.40. The summed E-state index contributed by atoms with van der Waals surface area (Å²) >= 11 is 0. The summed E-state index contributed by atoms with van der Waals surface area (Å²) in [6, 6.07) is 0. The highest BCUT2D eigenvalue weighted by Gasteiger charge is 2.43. The fourth-order valence-electron chi connectivity index (χ4n) is 5.23. The fraction of sp³-hybridized carbons (Fsp3) is 0.633. The van der Waals surface area contributed by atoms with Gasteiger partial charge in [0.15, 0.2) is 12.2 Å². The van der Waals surface area contributed by atoms with Gasteiger partial charge in [-0.3, -0.25) is 4.79 Å². The third kappa shape index (κ3) is 14.1. The molecule has 1 saturated carbocycles. The largest absolute Gasteiger partial charge is 0.459 e. The number of rotatable bonds is 17. The van der Waals surface area contributed by atoms with Crippen molar-refractivity contribution in [3.63, 3.8) is 0 Å². The van der Waals surface area contributed by atoms with E-state index in [2.05, 4.69) is 35.1 Å². The number of amides is 2. The molecule has 0 radical (unpaired) electrons. The Hall–Kier alpha value is -3.81. The molecule has 0 bridgehead atoms. The minimum absolute atomic E-state index is 0.131. The lowest BCUT2D eigenvalue weighted by Gasteiger charge is -2.46. The Labute approximate surface area is 256 Å². The second-order valence-corrected chi connectivity index (χ2v) is 12.1. The van der Waals surface area contributed by atoms with Crippen LogP contribution in [0.15, 0.2) is 38.0 Å². The topological polar surface area (TPSA) is 156 Å². The van der Waals surface area contributed by atoms with E-state index in [-0.39, 0.29) is 17.9 Å². The molecule has 0 aromatic rings.